The Morgan fingerprint density at radius 1 is 0.931 bits per heavy atom. The van der Waals surface area contributed by atoms with Gasteiger partial charge in [0.15, 0.2) is 9.84 Å². The van der Waals surface area contributed by atoms with E-state index in [0.717, 1.165) is 22.5 Å². The van der Waals surface area contributed by atoms with Crippen LogP contribution in [0.15, 0.2) is 63.5 Å². The normalized spacial score (nSPS) is 12.3. The molecule has 6 nitrogen and oxygen atoms in total. The third-order valence-corrected chi connectivity index (χ3v) is 8.89. The van der Waals surface area contributed by atoms with Crippen LogP contribution in [0.3, 0.4) is 0 Å². The highest BCUT2D eigenvalue weighted by molar-refractivity contribution is 7.93. The fourth-order valence-electron chi connectivity index (χ4n) is 2.64. The van der Waals surface area contributed by atoms with E-state index in [0.29, 0.717) is 4.88 Å². The summed E-state index contributed by atoms with van der Waals surface area (Å²) in [6, 6.07) is 14.3. The third-order valence-electron chi connectivity index (χ3n) is 4.24. The van der Waals surface area contributed by atoms with Crippen molar-refractivity contribution in [2.75, 3.05) is 6.54 Å². The number of hydrogen-bond acceptors (Lipinski definition) is 6. The predicted octanol–water partition coefficient (Wildman–Crippen LogP) is 3.07. The molecule has 2 N–H and O–H groups in total. The Hall–Kier alpha value is -2.49. The molecule has 0 aliphatic carbocycles. The number of thiophene rings is 2. The molecule has 3 rings (SSSR count). The third kappa shape index (κ3) is 5.31. The number of benzene rings is 1. The summed E-state index contributed by atoms with van der Waals surface area (Å²) in [6.07, 6.45) is 0. The second-order valence-corrected chi connectivity index (χ2v) is 10.6. The minimum absolute atomic E-state index is 0.183. The number of nitrogens with one attached hydrogen (secondary N) is 2. The van der Waals surface area contributed by atoms with Gasteiger partial charge in [0.2, 0.25) is 0 Å². The minimum Gasteiger partial charge on any atom is -0.346 e. The summed E-state index contributed by atoms with van der Waals surface area (Å²) in [5, 5.41) is 7.53. The molecule has 0 saturated heterocycles. The van der Waals surface area contributed by atoms with Crippen LogP contribution in [0.2, 0.25) is 0 Å². The van der Waals surface area contributed by atoms with Gasteiger partial charge >= 0.3 is 11.8 Å². The van der Waals surface area contributed by atoms with Crippen molar-refractivity contribution in [3.8, 4) is 0 Å². The van der Waals surface area contributed by atoms with E-state index in [2.05, 4.69) is 10.6 Å². The SMILES string of the molecule is Cc1ccc(CNC(=O)C(=O)NC[C@H](c2cccs2)S(=O)(=O)c2cccs2)cc1. The molecular weight excluding hydrogens is 428 g/mol. The molecule has 0 saturated carbocycles. The molecule has 0 aliphatic rings. The van der Waals surface area contributed by atoms with Gasteiger partial charge in [0, 0.05) is 18.0 Å². The van der Waals surface area contributed by atoms with E-state index in [1.807, 2.05) is 31.2 Å². The maximum Gasteiger partial charge on any atom is 0.309 e. The quantitative estimate of drug-likeness (QED) is 0.544. The van der Waals surface area contributed by atoms with E-state index in [-0.39, 0.29) is 17.3 Å². The summed E-state index contributed by atoms with van der Waals surface area (Å²) in [5.74, 6) is -1.66. The van der Waals surface area contributed by atoms with Gasteiger partial charge in [-0.1, -0.05) is 42.0 Å². The zero-order valence-electron chi connectivity index (χ0n) is 15.6. The van der Waals surface area contributed by atoms with Crippen molar-refractivity contribution in [2.24, 2.45) is 0 Å². The number of rotatable bonds is 7. The van der Waals surface area contributed by atoms with Gasteiger partial charge < -0.3 is 10.6 Å². The highest BCUT2D eigenvalue weighted by Crippen LogP contribution is 2.33. The molecule has 0 aliphatic heterocycles. The first-order valence-corrected chi connectivity index (χ1v) is 12.1. The van der Waals surface area contributed by atoms with Gasteiger partial charge in [0.05, 0.1) is 0 Å². The van der Waals surface area contributed by atoms with E-state index in [4.69, 9.17) is 0 Å². The topological polar surface area (TPSA) is 92.3 Å². The van der Waals surface area contributed by atoms with Gasteiger partial charge in [-0.3, -0.25) is 9.59 Å². The molecule has 0 fully saturated rings. The maximum atomic E-state index is 13.0. The van der Waals surface area contributed by atoms with Crippen LogP contribution in [0.5, 0.6) is 0 Å². The summed E-state index contributed by atoms with van der Waals surface area (Å²) in [5.41, 5.74) is 1.97. The Bertz CT molecular complexity index is 1060. The Kier molecular flexibility index (Phi) is 6.83. The number of carbonyl (C=O) groups is 2. The molecule has 1 aromatic carbocycles. The van der Waals surface area contributed by atoms with Crippen LogP contribution in [-0.2, 0) is 26.0 Å². The number of carbonyl (C=O) groups excluding carboxylic acids is 2. The van der Waals surface area contributed by atoms with Crippen molar-refractivity contribution in [1.82, 2.24) is 10.6 Å². The van der Waals surface area contributed by atoms with Crippen LogP contribution in [-0.4, -0.2) is 26.8 Å². The van der Waals surface area contributed by atoms with E-state index in [1.165, 1.54) is 17.4 Å². The fourth-order valence-corrected chi connectivity index (χ4v) is 6.63. The summed E-state index contributed by atoms with van der Waals surface area (Å²) in [4.78, 5) is 24.9. The molecule has 0 spiro atoms. The highest BCUT2D eigenvalue weighted by atomic mass is 32.2. The van der Waals surface area contributed by atoms with Crippen LogP contribution in [0.25, 0.3) is 0 Å². The largest absolute Gasteiger partial charge is 0.346 e. The van der Waals surface area contributed by atoms with Crippen LogP contribution in [0.1, 0.15) is 21.3 Å². The number of aryl methyl sites for hydroxylation is 1. The summed E-state index contributed by atoms with van der Waals surface area (Å²) in [6.45, 7) is 2.00. The Balaban J connectivity index is 1.64. The second-order valence-electron chi connectivity index (χ2n) is 6.36. The maximum absolute atomic E-state index is 13.0. The van der Waals surface area contributed by atoms with Gasteiger partial charge in [-0.2, -0.15) is 0 Å². The molecule has 0 radical (unpaired) electrons. The van der Waals surface area contributed by atoms with E-state index < -0.39 is 26.9 Å². The molecule has 2 aromatic heterocycles. The van der Waals surface area contributed by atoms with Crippen LogP contribution < -0.4 is 10.6 Å². The average Bonchev–Trinajstić information content (AvgIpc) is 3.41. The monoisotopic (exact) mass is 448 g/mol. The van der Waals surface area contributed by atoms with Gasteiger partial charge in [0.25, 0.3) is 0 Å². The van der Waals surface area contributed by atoms with Gasteiger partial charge in [-0.05, 0) is 35.4 Å². The minimum atomic E-state index is -3.68. The van der Waals surface area contributed by atoms with E-state index in [1.54, 1.807) is 29.0 Å². The zero-order chi connectivity index (χ0) is 20.9. The van der Waals surface area contributed by atoms with Crippen molar-refractivity contribution in [1.29, 1.82) is 0 Å². The predicted molar refractivity (Wildman–Crippen MR) is 115 cm³/mol. The lowest BCUT2D eigenvalue weighted by Crippen LogP contribution is -2.41. The van der Waals surface area contributed by atoms with Crippen molar-refractivity contribution < 1.29 is 18.0 Å². The van der Waals surface area contributed by atoms with Crippen molar-refractivity contribution in [3.63, 3.8) is 0 Å². The van der Waals surface area contributed by atoms with Crippen LogP contribution in [0, 0.1) is 6.92 Å². The molecule has 9 heteroatoms. The van der Waals surface area contributed by atoms with E-state index >= 15 is 0 Å². The number of sulfone groups is 1. The molecule has 29 heavy (non-hydrogen) atoms. The Morgan fingerprint density at radius 3 is 2.21 bits per heavy atom. The van der Waals surface area contributed by atoms with Crippen molar-refractivity contribution >= 4 is 44.3 Å². The van der Waals surface area contributed by atoms with Gasteiger partial charge in [-0.15, -0.1) is 22.7 Å². The molecule has 0 unspecified atom stereocenters. The molecule has 3 aromatic rings. The standard InChI is InChI=1S/C20H20N2O4S3/c1-14-6-8-15(9-7-14)12-21-19(23)20(24)22-13-17(16-4-2-10-27-16)29(25,26)18-5-3-11-28-18/h2-11,17H,12-13H2,1H3,(H,21,23)(H,22,24)/t17-/m1/s1. The molecule has 2 amide bonds. The lowest BCUT2D eigenvalue weighted by Gasteiger charge is -2.16. The van der Waals surface area contributed by atoms with E-state index in [9.17, 15) is 18.0 Å². The van der Waals surface area contributed by atoms with Gasteiger partial charge in [0.1, 0.15) is 9.46 Å². The summed E-state index contributed by atoms with van der Waals surface area (Å²) in [7, 11) is -3.68. The number of amides is 2. The van der Waals surface area contributed by atoms with Crippen molar-refractivity contribution in [3.05, 3.63) is 75.3 Å². The molecule has 1 atom stereocenters. The highest BCUT2D eigenvalue weighted by Gasteiger charge is 2.31. The Morgan fingerprint density at radius 2 is 1.59 bits per heavy atom. The van der Waals surface area contributed by atoms with Gasteiger partial charge in [-0.25, -0.2) is 8.42 Å². The second kappa shape index (κ2) is 9.34. The summed E-state index contributed by atoms with van der Waals surface area (Å²) < 4.78 is 26.2. The molecule has 0 bridgehead atoms. The molecule has 152 valence electrons. The van der Waals surface area contributed by atoms with Crippen LogP contribution >= 0.6 is 22.7 Å². The summed E-state index contributed by atoms with van der Waals surface area (Å²) >= 11 is 2.42. The average molecular weight is 449 g/mol. The molecular formula is C20H20N2O4S3. The lowest BCUT2D eigenvalue weighted by atomic mass is 10.1. The van der Waals surface area contributed by atoms with Crippen molar-refractivity contribution in [2.45, 2.75) is 22.9 Å². The number of hydrogen-bond donors (Lipinski definition) is 2. The smallest absolute Gasteiger partial charge is 0.309 e. The first-order chi connectivity index (χ1) is 13.9. The Labute approximate surface area is 177 Å². The first-order valence-electron chi connectivity index (χ1n) is 8.80. The first kappa shape index (κ1) is 21.2. The lowest BCUT2D eigenvalue weighted by molar-refractivity contribution is -0.139. The zero-order valence-corrected chi connectivity index (χ0v) is 18.1. The molecule has 2 heterocycles. The fraction of sp³-hybridized carbons (Fsp3) is 0.200. The van der Waals surface area contributed by atoms with Crippen LogP contribution in [0.4, 0.5) is 0 Å².